The van der Waals surface area contributed by atoms with Crippen LogP contribution in [-0.2, 0) is 11.3 Å². The summed E-state index contributed by atoms with van der Waals surface area (Å²) in [6.45, 7) is 2.63. The van der Waals surface area contributed by atoms with Crippen LogP contribution < -0.4 is 16.2 Å². The van der Waals surface area contributed by atoms with Crippen molar-refractivity contribution in [1.82, 2.24) is 20.1 Å². The molecule has 1 aromatic carbocycles. The lowest BCUT2D eigenvalue weighted by Gasteiger charge is -2.28. The number of benzene rings is 1. The van der Waals surface area contributed by atoms with Gasteiger partial charge in [0.25, 0.3) is 11.5 Å². The maximum Gasteiger partial charge on any atom is 0.258 e. The molecule has 3 heterocycles. The Balaban J connectivity index is 1.75. The molecular formula is C23H28N4O4. The molecule has 0 spiro atoms. The topological polar surface area (TPSA) is 104 Å². The van der Waals surface area contributed by atoms with Crippen LogP contribution in [0, 0.1) is 11.8 Å². The Morgan fingerprint density at radius 2 is 2.03 bits per heavy atom. The number of hydrogen-bond acceptors (Lipinski definition) is 5. The number of fused-ring (bicyclic) bond motifs is 4. The van der Waals surface area contributed by atoms with Gasteiger partial charge in [0.1, 0.15) is 0 Å². The van der Waals surface area contributed by atoms with Gasteiger partial charge in [-0.15, -0.1) is 0 Å². The van der Waals surface area contributed by atoms with Gasteiger partial charge in [-0.3, -0.25) is 14.4 Å². The van der Waals surface area contributed by atoms with Gasteiger partial charge >= 0.3 is 0 Å². The number of rotatable bonds is 5. The maximum absolute atomic E-state index is 13.4. The minimum Gasteiger partial charge on any atom is -0.396 e. The van der Waals surface area contributed by atoms with Gasteiger partial charge in [-0.25, -0.2) is 0 Å². The molecule has 2 amide bonds. The minimum atomic E-state index is -0.435. The third-order valence-corrected chi connectivity index (χ3v) is 6.33. The summed E-state index contributed by atoms with van der Waals surface area (Å²) in [7, 11) is 3.38. The fourth-order valence-electron chi connectivity index (χ4n) is 4.84. The summed E-state index contributed by atoms with van der Waals surface area (Å²) in [5, 5.41) is 16.3. The molecule has 4 atom stereocenters. The Morgan fingerprint density at radius 3 is 2.71 bits per heavy atom. The van der Waals surface area contributed by atoms with E-state index >= 15 is 0 Å². The molecule has 2 aliphatic rings. The SMILES string of the molecule is CCNC(=O)[C@H]1[C@H](CO)[C@H]2Cn3c(ccc(-c4cccc(C(=O)N(C)C)c4)c3=O)[C@@H]1N2. The number of pyridine rings is 1. The number of nitrogens with one attached hydrogen (secondary N) is 2. The fourth-order valence-corrected chi connectivity index (χ4v) is 4.84. The van der Waals surface area contributed by atoms with Crippen molar-refractivity contribution in [2.24, 2.45) is 11.8 Å². The third kappa shape index (κ3) is 3.55. The highest BCUT2D eigenvalue weighted by molar-refractivity contribution is 5.95. The van der Waals surface area contributed by atoms with Crippen molar-refractivity contribution in [1.29, 1.82) is 0 Å². The quantitative estimate of drug-likeness (QED) is 0.652. The highest BCUT2D eigenvalue weighted by Gasteiger charge is 2.50. The lowest BCUT2D eigenvalue weighted by molar-refractivity contribution is -0.127. The van der Waals surface area contributed by atoms with Crippen molar-refractivity contribution in [3.05, 3.63) is 58.0 Å². The monoisotopic (exact) mass is 424 g/mol. The number of amides is 2. The summed E-state index contributed by atoms with van der Waals surface area (Å²) < 4.78 is 1.71. The third-order valence-electron chi connectivity index (χ3n) is 6.33. The van der Waals surface area contributed by atoms with Crippen LogP contribution in [0.4, 0.5) is 0 Å². The van der Waals surface area contributed by atoms with E-state index in [0.717, 1.165) is 5.69 Å². The zero-order chi connectivity index (χ0) is 22.3. The van der Waals surface area contributed by atoms with Crippen LogP contribution in [0.2, 0.25) is 0 Å². The molecule has 164 valence electrons. The second-order valence-electron chi connectivity index (χ2n) is 8.39. The second-order valence-corrected chi connectivity index (χ2v) is 8.39. The average molecular weight is 425 g/mol. The molecule has 4 rings (SSSR count). The lowest BCUT2D eigenvalue weighted by Crippen LogP contribution is -2.43. The molecule has 2 aromatic rings. The molecule has 1 fully saturated rings. The summed E-state index contributed by atoms with van der Waals surface area (Å²) >= 11 is 0. The Kier molecular flexibility index (Phi) is 5.68. The Hall–Kier alpha value is -2.97. The fraction of sp³-hybridized carbons (Fsp3) is 0.435. The second kappa shape index (κ2) is 8.28. The van der Waals surface area contributed by atoms with Crippen LogP contribution in [0.1, 0.15) is 29.0 Å². The first-order chi connectivity index (χ1) is 14.9. The first-order valence-corrected chi connectivity index (χ1v) is 10.6. The van der Waals surface area contributed by atoms with E-state index in [9.17, 15) is 19.5 Å². The highest BCUT2D eigenvalue weighted by Crippen LogP contribution is 2.41. The summed E-state index contributed by atoms with van der Waals surface area (Å²) in [6, 6.07) is 10.2. The van der Waals surface area contributed by atoms with E-state index in [2.05, 4.69) is 10.6 Å². The molecule has 0 unspecified atom stereocenters. The molecular weight excluding hydrogens is 396 g/mol. The van der Waals surface area contributed by atoms with Crippen molar-refractivity contribution in [2.75, 3.05) is 27.2 Å². The summed E-state index contributed by atoms with van der Waals surface area (Å²) in [6.07, 6.45) is 0. The van der Waals surface area contributed by atoms with Gasteiger partial charge in [0.2, 0.25) is 5.91 Å². The van der Waals surface area contributed by atoms with E-state index in [-0.39, 0.29) is 42.0 Å². The molecule has 2 aliphatic heterocycles. The summed E-state index contributed by atoms with van der Waals surface area (Å²) in [4.78, 5) is 40.0. The number of carbonyl (C=O) groups is 2. The smallest absolute Gasteiger partial charge is 0.258 e. The van der Waals surface area contributed by atoms with Crippen molar-refractivity contribution >= 4 is 11.8 Å². The molecule has 8 heteroatoms. The Morgan fingerprint density at radius 1 is 1.26 bits per heavy atom. The van der Waals surface area contributed by atoms with Gasteiger partial charge in [0.15, 0.2) is 0 Å². The van der Waals surface area contributed by atoms with Crippen LogP contribution >= 0.6 is 0 Å². The van der Waals surface area contributed by atoms with Crippen LogP contribution in [-0.4, -0.2) is 59.7 Å². The molecule has 1 aromatic heterocycles. The number of hydrogen-bond donors (Lipinski definition) is 3. The predicted molar refractivity (Wildman–Crippen MR) is 117 cm³/mol. The molecule has 0 aliphatic carbocycles. The summed E-state index contributed by atoms with van der Waals surface area (Å²) in [5.41, 5.74) is 2.30. The van der Waals surface area contributed by atoms with Gasteiger partial charge in [-0.2, -0.15) is 0 Å². The van der Waals surface area contributed by atoms with E-state index in [1.165, 1.54) is 4.90 Å². The van der Waals surface area contributed by atoms with Gasteiger partial charge in [-0.1, -0.05) is 12.1 Å². The lowest BCUT2D eigenvalue weighted by atomic mass is 9.86. The van der Waals surface area contributed by atoms with E-state index in [0.29, 0.717) is 29.8 Å². The standard InChI is InChI=1S/C23H28N4O4/c1-4-24-21(29)19-16(12-28)17-11-27-18(20(19)25-17)9-8-15(23(27)31)13-6-5-7-14(10-13)22(30)26(2)3/h5-10,16-17,19-20,25,28H,4,11-12H2,1-3H3,(H,24,29)/t16-,17-,19+,20+/m1/s1. The van der Waals surface area contributed by atoms with Gasteiger partial charge < -0.3 is 25.2 Å². The zero-order valence-corrected chi connectivity index (χ0v) is 18.0. The molecule has 1 saturated heterocycles. The number of carbonyl (C=O) groups excluding carboxylic acids is 2. The normalized spacial score (nSPS) is 23.9. The maximum atomic E-state index is 13.4. The van der Waals surface area contributed by atoms with Crippen LogP contribution in [0.25, 0.3) is 11.1 Å². The minimum absolute atomic E-state index is 0.110. The number of aliphatic hydroxyl groups is 1. The van der Waals surface area contributed by atoms with Gasteiger partial charge in [-0.05, 0) is 36.8 Å². The van der Waals surface area contributed by atoms with E-state index in [1.807, 2.05) is 19.1 Å². The average Bonchev–Trinajstić information content (AvgIpc) is 3.06. The first kappa shape index (κ1) is 21.3. The van der Waals surface area contributed by atoms with E-state index in [1.54, 1.807) is 42.9 Å². The van der Waals surface area contributed by atoms with Crippen molar-refractivity contribution in [3.63, 3.8) is 0 Å². The zero-order valence-electron chi connectivity index (χ0n) is 18.0. The predicted octanol–water partition coefficient (Wildman–Crippen LogP) is 0.604. The molecule has 0 saturated carbocycles. The molecule has 0 radical (unpaired) electrons. The summed E-state index contributed by atoms with van der Waals surface area (Å²) in [5.74, 6) is -0.936. The van der Waals surface area contributed by atoms with E-state index in [4.69, 9.17) is 0 Å². The van der Waals surface area contributed by atoms with Crippen LogP contribution in [0.5, 0.6) is 0 Å². The van der Waals surface area contributed by atoms with Gasteiger partial charge in [0.05, 0.1) is 12.0 Å². The number of nitrogens with zero attached hydrogens (tertiary/aromatic N) is 2. The van der Waals surface area contributed by atoms with Gasteiger partial charge in [0, 0.05) is 62.6 Å². The van der Waals surface area contributed by atoms with Crippen LogP contribution in [0.3, 0.4) is 0 Å². The molecule has 8 nitrogen and oxygen atoms in total. The van der Waals surface area contributed by atoms with Crippen LogP contribution in [0.15, 0.2) is 41.2 Å². The Labute approximate surface area is 180 Å². The van der Waals surface area contributed by atoms with Crippen molar-refractivity contribution in [3.8, 4) is 11.1 Å². The number of aromatic nitrogens is 1. The first-order valence-electron chi connectivity index (χ1n) is 10.6. The number of aliphatic hydroxyl groups excluding tert-OH is 1. The molecule has 2 bridgehead atoms. The van der Waals surface area contributed by atoms with Crippen molar-refractivity contribution < 1.29 is 14.7 Å². The molecule has 31 heavy (non-hydrogen) atoms. The largest absolute Gasteiger partial charge is 0.396 e. The van der Waals surface area contributed by atoms with Crippen molar-refractivity contribution in [2.45, 2.75) is 25.6 Å². The van der Waals surface area contributed by atoms with E-state index < -0.39 is 5.92 Å². The highest BCUT2D eigenvalue weighted by atomic mass is 16.3. The Bertz CT molecular complexity index is 1080. The molecule has 3 N–H and O–H groups in total.